The molecule has 66 valence electrons. The Kier molecular flexibility index (Phi) is 2.97. The summed E-state index contributed by atoms with van der Waals surface area (Å²) in [4.78, 5) is 7.49. The zero-order valence-electron chi connectivity index (χ0n) is 6.48. The number of nitrogens with zero attached hydrogens (tertiary/aromatic N) is 2. The average Bonchev–Trinajstić information content (AvgIpc) is 2.04. The average molecular weight is 189 g/mol. The maximum Gasteiger partial charge on any atom is 0.159 e. The Balaban J connectivity index is 2.82. The van der Waals surface area contributed by atoms with Gasteiger partial charge in [-0.1, -0.05) is 11.6 Å². The van der Waals surface area contributed by atoms with E-state index in [-0.39, 0.29) is 5.82 Å². The fourth-order valence-corrected chi connectivity index (χ4v) is 0.788. The third kappa shape index (κ3) is 2.14. The Bertz CT molecular complexity index is 250. The van der Waals surface area contributed by atoms with Crippen molar-refractivity contribution >= 4 is 11.6 Å². The van der Waals surface area contributed by atoms with Crippen molar-refractivity contribution in [2.45, 2.75) is 19.1 Å². The van der Waals surface area contributed by atoms with Crippen molar-refractivity contribution in [2.24, 2.45) is 0 Å². The summed E-state index contributed by atoms with van der Waals surface area (Å²) in [7, 11) is 0. The smallest absolute Gasteiger partial charge is 0.159 e. The van der Waals surface area contributed by atoms with Gasteiger partial charge < -0.3 is 10.2 Å². The lowest BCUT2D eigenvalue weighted by atomic mass is 10.2. The third-order valence-corrected chi connectivity index (χ3v) is 1.56. The molecule has 4 nitrogen and oxygen atoms in total. The molecule has 0 saturated heterocycles. The van der Waals surface area contributed by atoms with Gasteiger partial charge in [-0.2, -0.15) is 0 Å². The molecule has 0 aliphatic rings. The van der Waals surface area contributed by atoms with Crippen LogP contribution in [0.15, 0.2) is 12.4 Å². The second-order valence-electron chi connectivity index (χ2n) is 2.44. The summed E-state index contributed by atoms with van der Waals surface area (Å²) in [6, 6.07) is 0. The topological polar surface area (TPSA) is 66.2 Å². The van der Waals surface area contributed by atoms with E-state index in [9.17, 15) is 5.11 Å². The van der Waals surface area contributed by atoms with Gasteiger partial charge in [0.25, 0.3) is 0 Å². The van der Waals surface area contributed by atoms with Crippen LogP contribution in [0.3, 0.4) is 0 Å². The fraction of sp³-hybridized carbons (Fsp3) is 0.429. The highest BCUT2D eigenvalue weighted by molar-refractivity contribution is 6.30. The van der Waals surface area contributed by atoms with E-state index < -0.39 is 12.2 Å². The molecule has 5 heteroatoms. The van der Waals surface area contributed by atoms with Gasteiger partial charge in [-0.15, -0.1) is 0 Å². The molecule has 12 heavy (non-hydrogen) atoms. The summed E-state index contributed by atoms with van der Waals surface area (Å²) < 4.78 is 0. The van der Waals surface area contributed by atoms with Crippen LogP contribution >= 0.6 is 11.6 Å². The van der Waals surface area contributed by atoms with Gasteiger partial charge in [-0.05, 0) is 6.92 Å². The Morgan fingerprint density at radius 3 is 2.25 bits per heavy atom. The molecule has 0 amide bonds. The van der Waals surface area contributed by atoms with Crippen LogP contribution in [0.25, 0.3) is 0 Å². The van der Waals surface area contributed by atoms with Crippen LogP contribution in [0.1, 0.15) is 18.9 Å². The van der Waals surface area contributed by atoms with E-state index >= 15 is 0 Å². The maximum atomic E-state index is 9.27. The predicted octanol–water partition coefficient (Wildman–Crippen LogP) is 0.544. The van der Waals surface area contributed by atoms with Gasteiger partial charge >= 0.3 is 0 Å². The minimum Gasteiger partial charge on any atom is -0.390 e. The van der Waals surface area contributed by atoms with Crippen molar-refractivity contribution in [1.82, 2.24) is 9.97 Å². The molecule has 0 fully saturated rings. The highest BCUT2D eigenvalue weighted by Crippen LogP contribution is 2.12. The molecule has 1 aromatic rings. The number of aromatic nitrogens is 2. The zero-order chi connectivity index (χ0) is 9.14. The molecule has 0 radical (unpaired) electrons. The zero-order valence-corrected chi connectivity index (χ0v) is 7.23. The molecule has 0 saturated carbocycles. The van der Waals surface area contributed by atoms with Gasteiger partial charge in [0.15, 0.2) is 5.82 Å². The van der Waals surface area contributed by atoms with E-state index in [1.807, 2.05) is 0 Å². The van der Waals surface area contributed by atoms with Crippen molar-refractivity contribution in [3.63, 3.8) is 0 Å². The van der Waals surface area contributed by atoms with E-state index in [2.05, 4.69) is 9.97 Å². The molecule has 0 aliphatic heterocycles. The SMILES string of the molecule is CC(O)C(O)c1ncc(Cl)cn1. The Hall–Kier alpha value is -0.710. The standard InChI is InChI=1S/C7H9ClN2O2/c1-4(11)6(12)7-9-2-5(8)3-10-7/h2-4,6,11-12H,1H3. The van der Waals surface area contributed by atoms with Crippen LogP contribution in [-0.4, -0.2) is 26.3 Å². The molecule has 2 atom stereocenters. The lowest BCUT2D eigenvalue weighted by molar-refractivity contribution is 0.0249. The van der Waals surface area contributed by atoms with Crippen LogP contribution in [0, 0.1) is 0 Å². The molecule has 0 aromatic carbocycles. The van der Waals surface area contributed by atoms with Crippen molar-refractivity contribution < 1.29 is 10.2 Å². The van der Waals surface area contributed by atoms with Crippen molar-refractivity contribution in [2.75, 3.05) is 0 Å². The normalized spacial score (nSPS) is 15.7. The van der Waals surface area contributed by atoms with Gasteiger partial charge in [-0.25, -0.2) is 9.97 Å². The van der Waals surface area contributed by atoms with Crippen LogP contribution in [0.4, 0.5) is 0 Å². The first-order valence-corrected chi connectivity index (χ1v) is 3.82. The van der Waals surface area contributed by atoms with Crippen molar-refractivity contribution in [3.05, 3.63) is 23.2 Å². The van der Waals surface area contributed by atoms with Gasteiger partial charge in [0, 0.05) is 12.4 Å². The van der Waals surface area contributed by atoms with Gasteiger partial charge in [0.1, 0.15) is 6.10 Å². The molecule has 1 rings (SSSR count). The summed E-state index contributed by atoms with van der Waals surface area (Å²) in [6.45, 7) is 1.46. The van der Waals surface area contributed by atoms with Gasteiger partial charge in [0.2, 0.25) is 0 Å². The second kappa shape index (κ2) is 3.80. The Morgan fingerprint density at radius 1 is 1.33 bits per heavy atom. The maximum absolute atomic E-state index is 9.27. The molecule has 1 heterocycles. The highest BCUT2D eigenvalue weighted by Gasteiger charge is 2.15. The predicted molar refractivity (Wildman–Crippen MR) is 43.7 cm³/mol. The Morgan fingerprint density at radius 2 is 1.83 bits per heavy atom. The molecule has 0 aliphatic carbocycles. The number of aliphatic hydroxyl groups is 2. The third-order valence-electron chi connectivity index (χ3n) is 1.36. The number of hydrogen-bond acceptors (Lipinski definition) is 4. The molecule has 2 unspecified atom stereocenters. The van der Waals surface area contributed by atoms with Crippen LogP contribution in [-0.2, 0) is 0 Å². The first kappa shape index (κ1) is 9.38. The van der Waals surface area contributed by atoms with Gasteiger partial charge in [-0.3, -0.25) is 0 Å². The number of halogens is 1. The minimum absolute atomic E-state index is 0.175. The highest BCUT2D eigenvalue weighted by atomic mass is 35.5. The summed E-state index contributed by atoms with van der Waals surface area (Å²) in [5.41, 5.74) is 0. The van der Waals surface area contributed by atoms with E-state index in [0.717, 1.165) is 0 Å². The molecule has 1 aromatic heterocycles. The van der Waals surface area contributed by atoms with E-state index in [1.165, 1.54) is 19.3 Å². The van der Waals surface area contributed by atoms with Gasteiger partial charge in [0.05, 0.1) is 11.1 Å². The molecule has 0 bridgehead atoms. The summed E-state index contributed by atoms with van der Waals surface area (Å²) >= 11 is 5.53. The molecule has 0 spiro atoms. The summed E-state index contributed by atoms with van der Waals surface area (Å²) in [6.07, 6.45) is 0.804. The van der Waals surface area contributed by atoms with Crippen molar-refractivity contribution in [1.29, 1.82) is 0 Å². The lowest BCUT2D eigenvalue weighted by Crippen LogP contribution is -2.16. The Labute approximate surface area is 74.9 Å². The summed E-state index contributed by atoms with van der Waals surface area (Å²) in [5, 5.41) is 18.7. The van der Waals surface area contributed by atoms with Crippen LogP contribution in [0.2, 0.25) is 5.02 Å². The van der Waals surface area contributed by atoms with E-state index in [0.29, 0.717) is 5.02 Å². The molecular formula is C7H9ClN2O2. The second-order valence-corrected chi connectivity index (χ2v) is 2.88. The summed E-state index contributed by atoms with van der Waals surface area (Å²) in [5.74, 6) is 0.175. The fourth-order valence-electron chi connectivity index (χ4n) is 0.691. The largest absolute Gasteiger partial charge is 0.390 e. The first-order chi connectivity index (χ1) is 5.61. The monoisotopic (exact) mass is 188 g/mol. The van der Waals surface area contributed by atoms with E-state index in [4.69, 9.17) is 16.7 Å². The van der Waals surface area contributed by atoms with E-state index in [1.54, 1.807) is 0 Å². The first-order valence-electron chi connectivity index (χ1n) is 3.45. The quantitative estimate of drug-likeness (QED) is 0.711. The number of rotatable bonds is 2. The lowest BCUT2D eigenvalue weighted by Gasteiger charge is -2.10. The molecular weight excluding hydrogens is 180 g/mol. The van der Waals surface area contributed by atoms with Crippen LogP contribution < -0.4 is 0 Å². The number of hydrogen-bond donors (Lipinski definition) is 2. The number of aliphatic hydroxyl groups excluding tert-OH is 2. The van der Waals surface area contributed by atoms with Crippen molar-refractivity contribution in [3.8, 4) is 0 Å². The molecule has 2 N–H and O–H groups in total. The minimum atomic E-state index is -1.05. The van der Waals surface area contributed by atoms with Crippen LogP contribution in [0.5, 0.6) is 0 Å².